The van der Waals surface area contributed by atoms with E-state index < -0.39 is 10.0 Å². The number of hydrogen-bond acceptors (Lipinski definition) is 5. The highest BCUT2D eigenvalue weighted by molar-refractivity contribution is 7.89. The molecule has 0 spiro atoms. The number of ether oxygens (including phenoxy) is 1. The third kappa shape index (κ3) is 3.39. The van der Waals surface area contributed by atoms with Crippen molar-refractivity contribution in [2.45, 2.75) is 6.04 Å². The smallest absolute Gasteiger partial charge is 0.210 e. The maximum Gasteiger partial charge on any atom is 0.210 e. The molecule has 0 saturated carbocycles. The second-order valence-electron chi connectivity index (χ2n) is 4.44. The number of piperazine rings is 1. The molecule has 0 amide bonds. The minimum Gasteiger partial charge on any atom is -0.378 e. The predicted molar refractivity (Wildman–Crippen MR) is 60.6 cm³/mol. The van der Waals surface area contributed by atoms with E-state index in [-0.39, 0.29) is 5.75 Å². The molecule has 0 atom stereocenters. The molecule has 2 saturated heterocycles. The Balaban J connectivity index is 1.68. The molecule has 0 unspecified atom stereocenters. The van der Waals surface area contributed by atoms with E-state index in [1.807, 2.05) is 0 Å². The molecule has 0 aromatic heterocycles. The summed E-state index contributed by atoms with van der Waals surface area (Å²) in [6, 6.07) is 0.584. The van der Waals surface area contributed by atoms with Gasteiger partial charge in [0.2, 0.25) is 10.0 Å². The van der Waals surface area contributed by atoms with Crippen molar-refractivity contribution >= 4 is 10.0 Å². The Hall–Kier alpha value is -0.210. The first-order valence-electron chi connectivity index (χ1n) is 5.59. The lowest BCUT2D eigenvalue weighted by Gasteiger charge is -2.42. The molecule has 2 rings (SSSR count). The Bertz CT molecular complexity index is 321. The molecule has 2 N–H and O–H groups in total. The van der Waals surface area contributed by atoms with Crippen LogP contribution in [0.5, 0.6) is 0 Å². The lowest BCUT2D eigenvalue weighted by Crippen LogP contribution is -2.57. The summed E-state index contributed by atoms with van der Waals surface area (Å²) in [4.78, 5) is 4.57. The number of sulfonamides is 1. The van der Waals surface area contributed by atoms with Gasteiger partial charge < -0.3 is 4.74 Å². The second kappa shape index (κ2) is 4.97. The third-order valence-electron chi connectivity index (χ3n) is 3.24. The highest BCUT2D eigenvalue weighted by Crippen LogP contribution is 2.12. The fourth-order valence-corrected chi connectivity index (χ4v) is 2.56. The van der Waals surface area contributed by atoms with Gasteiger partial charge in [-0.15, -0.1) is 0 Å². The molecule has 94 valence electrons. The van der Waals surface area contributed by atoms with Gasteiger partial charge in [0.1, 0.15) is 0 Å². The molecule has 16 heavy (non-hydrogen) atoms. The fraction of sp³-hybridized carbons (Fsp3) is 1.00. The zero-order valence-electron chi connectivity index (χ0n) is 9.34. The maximum absolute atomic E-state index is 10.8. The van der Waals surface area contributed by atoms with Crippen LogP contribution in [0.4, 0.5) is 0 Å². The summed E-state index contributed by atoms with van der Waals surface area (Å²) >= 11 is 0. The van der Waals surface area contributed by atoms with Crippen LogP contribution in [-0.4, -0.2) is 75.9 Å². The van der Waals surface area contributed by atoms with Gasteiger partial charge in [-0.05, 0) is 0 Å². The Morgan fingerprint density at radius 1 is 1.19 bits per heavy atom. The van der Waals surface area contributed by atoms with Crippen LogP contribution < -0.4 is 5.14 Å². The van der Waals surface area contributed by atoms with Gasteiger partial charge >= 0.3 is 0 Å². The molecule has 2 aliphatic rings. The minimum atomic E-state index is -3.32. The monoisotopic (exact) mass is 249 g/mol. The van der Waals surface area contributed by atoms with E-state index in [4.69, 9.17) is 9.88 Å². The molecule has 0 aromatic rings. The summed E-state index contributed by atoms with van der Waals surface area (Å²) < 4.78 is 26.8. The second-order valence-corrected chi connectivity index (χ2v) is 6.17. The topological polar surface area (TPSA) is 75.9 Å². The molecular formula is C9H19N3O3S. The highest BCUT2D eigenvalue weighted by Gasteiger charge is 2.28. The van der Waals surface area contributed by atoms with Gasteiger partial charge in [0.25, 0.3) is 0 Å². The van der Waals surface area contributed by atoms with E-state index in [2.05, 4.69) is 9.80 Å². The number of nitrogens with zero attached hydrogens (tertiary/aromatic N) is 2. The van der Waals surface area contributed by atoms with Crippen molar-refractivity contribution in [2.24, 2.45) is 5.14 Å². The molecule has 0 aromatic carbocycles. The van der Waals surface area contributed by atoms with E-state index in [1.165, 1.54) is 0 Å². The Morgan fingerprint density at radius 3 is 2.25 bits per heavy atom. The molecule has 7 heteroatoms. The zero-order valence-corrected chi connectivity index (χ0v) is 10.2. The van der Waals surface area contributed by atoms with Gasteiger partial charge in [-0.1, -0.05) is 0 Å². The van der Waals surface area contributed by atoms with Gasteiger partial charge in [0.05, 0.1) is 25.0 Å². The van der Waals surface area contributed by atoms with Crippen molar-refractivity contribution in [3.05, 3.63) is 0 Å². The summed E-state index contributed by atoms with van der Waals surface area (Å²) in [7, 11) is -3.32. The van der Waals surface area contributed by atoms with Gasteiger partial charge in [-0.25, -0.2) is 13.6 Å². The zero-order chi connectivity index (χ0) is 11.6. The highest BCUT2D eigenvalue weighted by atomic mass is 32.2. The fourth-order valence-electron chi connectivity index (χ4n) is 2.04. The van der Waals surface area contributed by atoms with E-state index in [9.17, 15) is 8.42 Å². The summed E-state index contributed by atoms with van der Waals surface area (Å²) in [6.45, 7) is 6.08. The van der Waals surface area contributed by atoms with Crippen LogP contribution in [0.1, 0.15) is 0 Å². The van der Waals surface area contributed by atoms with Crippen molar-refractivity contribution in [3.8, 4) is 0 Å². The van der Waals surface area contributed by atoms with Crippen LogP contribution in [0.2, 0.25) is 0 Å². The van der Waals surface area contributed by atoms with E-state index in [0.29, 0.717) is 12.6 Å². The standard InChI is InChI=1S/C9H19N3O3S/c10-16(13,14)6-5-11-1-3-12(4-2-11)9-7-15-8-9/h9H,1-8H2,(H2,10,13,14). The Kier molecular flexibility index (Phi) is 3.81. The van der Waals surface area contributed by atoms with E-state index >= 15 is 0 Å². The number of primary sulfonamides is 1. The van der Waals surface area contributed by atoms with Gasteiger partial charge in [-0.2, -0.15) is 0 Å². The molecular weight excluding hydrogens is 230 g/mol. The summed E-state index contributed by atoms with van der Waals surface area (Å²) in [5, 5.41) is 4.98. The first-order chi connectivity index (χ1) is 7.54. The third-order valence-corrected chi connectivity index (χ3v) is 3.99. The van der Waals surface area contributed by atoms with Crippen molar-refractivity contribution < 1.29 is 13.2 Å². The molecule has 2 aliphatic heterocycles. The normalized spacial score (nSPS) is 25.6. The van der Waals surface area contributed by atoms with Gasteiger partial charge in [0.15, 0.2) is 0 Å². The predicted octanol–water partition coefficient (Wildman–Crippen LogP) is -1.71. The average molecular weight is 249 g/mol. The van der Waals surface area contributed by atoms with E-state index in [1.54, 1.807) is 0 Å². The van der Waals surface area contributed by atoms with Gasteiger partial charge in [0, 0.05) is 32.7 Å². The molecule has 0 radical (unpaired) electrons. The maximum atomic E-state index is 10.8. The minimum absolute atomic E-state index is 0.0551. The molecule has 0 aliphatic carbocycles. The lowest BCUT2D eigenvalue weighted by molar-refractivity contribution is -0.0764. The van der Waals surface area contributed by atoms with Gasteiger partial charge in [-0.3, -0.25) is 9.80 Å². The van der Waals surface area contributed by atoms with E-state index in [0.717, 1.165) is 39.4 Å². The summed E-state index contributed by atoms with van der Waals surface area (Å²) in [5.41, 5.74) is 0. The number of hydrogen-bond donors (Lipinski definition) is 1. The van der Waals surface area contributed by atoms with Crippen LogP contribution in [0.15, 0.2) is 0 Å². The first-order valence-corrected chi connectivity index (χ1v) is 7.31. The van der Waals surface area contributed by atoms with Crippen molar-refractivity contribution in [2.75, 3.05) is 51.7 Å². The van der Waals surface area contributed by atoms with Crippen molar-refractivity contribution in [1.82, 2.24) is 9.80 Å². The molecule has 0 bridgehead atoms. The largest absolute Gasteiger partial charge is 0.378 e. The molecule has 2 heterocycles. The average Bonchev–Trinajstić information content (AvgIpc) is 2.13. The van der Waals surface area contributed by atoms with Crippen molar-refractivity contribution in [3.63, 3.8) is 0 Å². The van der Waals surface area contributed by atoms with Crippen LogP contribution in [0.3, 0.4) is 0 Å². The lowest BCUT2D eigenvalue weighted by atomic mass is 10.2. The number of nitrogens with two attached hydrogens (primary N) is 1. The van der Waals surface area contributed by atoms with Crippen LogP contribution in [-0.2, 0) is 14.8 Å². The molecule has 6 nitrogen and oxygen atoms in total. The summed E-state index contributed by atoms with van der Waals surface area (Å²) in [6.07, 6.45) is 0. The Morgan fingerprint density at radius 2 is 1.81 bits per heavy atom. The van der Waals surface area contributed by atoms with Crippen molar-refractivity contribution in [1.29, 1.82) is 0 Å². The SMILES string of the molecule is NS(=O)(=O)CCN1CCN(C2COC2)CC1. The quantitative estimate of drug-likeness (QED) is 0.642. The Labute approximate surface area is 96.4 Å². The summed E-state index contributed by atoms with van der Waals surface area (Å²) in [5.74, 6) is 0.0551. The van der Waals surface area contributed by atoms with Crippen LogP contribution in [0, 0.1) is 0 Å². The van der Waals surface area contributed by atoms with Crippen LogP contribution >= 0.6 is 0 Å². The van der Waals surface area contributed by atoms with Crippen LogP contribution in [0.25, 0.3) is 0 Å². The first kappa shape index (κ1) is 12.3. The molecule has 2 fully saturated rings. The number of rotatable bonds is 4.